The van der Waals surface area contributed by atoms with Gasteiger partial charge in [-0.3, -0.25) is 0 Å². The van der Waals surface area contributed by atoms with Crippen LogP contribution in [0.25, 0.3) is 0 Å². The second-order valence-electron chi connectivity index (χ2n) is 6.10. The summed E-state index contributed by atoms with van der Waals surface area (Å²) in [6.45, 7) is 4.32. The molecule has 0 heterocycles. The lowest BCUT2D eigenvalue weighted by atomic mass is 9.69. The lowest BCUT2D eigenvalue weighted by Gasteiger charge is -2.43. The number of carbonyl (C=O) groups excluding carboxylic acids is 1. The molecule has 1 N–H and O–H groups in total. The predicted molar refractivity (Wildman–Crippen MR) is 83.5 cm³/mol. The highest BCUT2D eigenvalue weighted by Gasteiger charge is 2.47. The maximum absolute atomic E-state index is 12.5. The van der Waals surface area contributed by atoms with Gasteiger partial charge in [-0.1, -0.05) is 20.3 Å². The zero-order valence-corrected chi connectivity index (χ0v) is 13.3. The second kappa shape index (κ2) is 6.37. The standard InChI is InChI=1S/C17H25NO3/c1-12-5-6-13(2)17(11-12,16(19)21-4)18-14-7-9-15(20-3)10-8-14/h7-10,12-13,18H,5-6,11H2,1-4H3. The first-order chi connectivity index (χ1) is 10.0. The van der Waals surface area contributed by atoms with Crippen molar-refractivity contribution in [1.82, 2.24) is 0 Å². The van der Waals surface area contributed by atoms with Crippen LogP contribution in [0.3, 0.4) is 0 Å². The summed E-state index contributed by atoms with van der Waals surface area (Å²) in [5.41, 5.74) is 0.281. The number of nitrogens with one attached hydrogen (secondary N) is 1. The summed E-state index contributed by atoms with van der Waals surface area (Å²) in [7, 11) is 3.11. The van der Waals surface area contributed by atoms with Gasteiger partial charge in [0.05, 0.1) is 14.2 Å². The van der Waals surface area contributed by atoms with Gasteiger partial charge in [-0.05, 0) is 48.9 Å². The van der Waals surface area contributed by atoms with Crippen LogP contribution < -0.4 is 10.1 Å². The van der Waals surface area contributed by atoms with Crippen molar-refractivity contribution in [2.45, 2.75) is 38.6 Å². The molecule has 0 bridgehead atoms. The molecule has 116 valence electrons. The molecular formula is C17H25NO3. The van der Waals surface area contributed by atoms with E-state index in [1.165, 1.54) is 7.11 Å². The molecule has 0 radical (unpaired) electrons. The molecule has 0 aromatic heterocycles. The molecule has 1 saturated carbocycles. The molecule has 3 atom stereocenters. The molecular weight excluding hydrogens is 266 g/mol. The summed E-state index contributed by atoms with van der Waals surface area (Å²) >= 11 is 0. The Morgan fingerprint density at radius 3 is 2.43 bits per heavy atom. The number of anilines is 1. The largest absolute Gasteiger partial charge is 0.497 e. The Hall–Kier alpha value is -1.71. The molecule has 3 unspecified atom stereocenters. The van der Waals surface area contributed by atoms with Crippen molar-refractivity contribution in [3.8, 4) is 5.75 Å². The van der Waals surface area contributed by atoms with Gasteiger partial charge < -0.3 is 14.8 Å². The van der Waals surface area contributed by atoms with Gasteiger partial charge in [0, 0.05) is 5.69 Å². The zero-order chi connectivity index (χ0) is 15.5. The van der Waals surface area contributed by atoms with Crippen LogP contribution in [0.5, 0.6) is 5.75 Å². The van der Waals surface area contributed by atoms with E-state index in [0.717, 1.165) is 30.7 Å². The molecule has 0 aliphatic heterocycles. The van der Waals surface area contributed by atoms with Crippen molar-refractivity contribution in [1.29, 1.82) is 0 Å². The number of esters is 1. The number of rotatable bonds is 4. The van der Waals surface area contributed by atoms with Crippen LogP contribution in [0.4, 0.5) is 5.69 Å². The van der Waals surface area contributed by atoms with E-state index in [9.17, 15) is 4.79 Å². The molecule has 1 aliphatic carbocycles. The highest BCUT2D eigenvalue weighted by atomic mass is 16.5. The molecule has 1 aromatic rings. The molecule has 0 saturated heterocycles. The van der Waals surface area contributed by atoms with Crippen LogP contribution in [0.2, 0.25) is 0 Å². The lowest BCUT2D eigenvalue weighted by Crippen LogP contribution is -2.55. The molecule has 4 heteroatoms. The fourth-order valence-electron chi connectivity index (χ4n) is 3.26. The normalized spacial score (nSPS) is 28.8. The van der Waals surface area contributed by atoms with Gasteiger partial charge in [-0.25, -0.2) is 4.79 Å². The summed E-state index contributed by atoms with van der Waals surface area (Å²) in [4.78, 5) is 12.5. The van der Waals surface area contributed by atoms with Crippen LogP contribution in [0.1, 0.15) is 33.1 Å². The molecule has 2 rings (SSSR count). The van der Waals surface area contributed by atoms with E-state index in [-0.39, 0.29) is 11.9 Å². The highest BCUT2D eigenvalue weighted by molar-refractivity contribution is 5.85. The Kier molecular flexibility index (Phi) is 4.76. The molecule has 1 aromatic carbocycles. The maximum Gasteiger partial charge on any atom is 0.331 e. The van der Waals surface area contributed by atoms with E-state index in [1.807, 2.05) is 24.3 Å². The summed E-state index contributed by atoms with van der Waals surface area (Å²) in [5, 5.41) is 3.45. The lowest BCUT2D eigenvalue weighted by molar-refractivity contribution is -0.150. The van der Waals surface area contributed by atoms with Crippen LogP contribution in [0.15, 0.2) is 24.3 Å². The molecule has 1 aliphatic rings. The van der Waals surface area contributed by atoms with Crippen LogP contribution in [0, 0.1) is 11.8 Å². The van der Waals surface area contributed by atoms with Crippen molar-refractivity contribution in [3.63, 3.8) is 0 Å². The first-order valence-electron chi connectivity index (χ1n) is 7.52. The molecule has 1 fully saturated rings. The Labute approximate surface area is 126 Å². The SMILES string of the molecule is COC(=O)C1(Nc2ccc(OC)cc2)CC(C)CCC1C. The Balaban J connectivity index is 2.28. The van der Waals surface area contributed by atoms with Gasteiger partial charge in [0.25, 0.3) is 0 Å². The minimum absolute atomic E-state index is 0.169. The van der Waals surface area contributed by atoms with Gasteiger partial charge in [0.1, 0.15) is 11.3 Å². The van der Waals surface area contributed by atoms with E-state index >= 15 is 0 Å². The van der Waals surface area contributed by atoms with Crippen molar-refractivity contribution < 1.29 is 14.3 Å². The van der Waals surface area contributed by atoms with Crippen molar-refractivity contribution in [2.24, 2.45) is 11.8 Å². The van der Waals surface area contributed by atoms with E-state index in [2.05, 4.69) is 19.2 Å². The Morgan fingerprint density at radius 2 is 1.86 bits per heavy atom. The van der Waals surface area contributed by atoms with E-state index in [1.54, 1.807) is 7.11 Å². The van der Waals surface area contributed by atoms with Crippen molar-refractivity contribution in [3.05, 3.63) is 24.3 Å². The monoisotopic (exact) mass is 291 g/mol. The number of ether oxygens (including phenoxy) is 2. The van der Waals surface area contributed by atoms with Crippen molar-refractivity contribution >= 4 is 11.7 Å². The average molecular weight is 291 g/mol. The minimum Gasteiger partial charge on any atom is -0.497 e. The predicted octanol–water partition coefficient (Wildman–Crippen LogP) is 3.48. The number of carbonyl (C=O) groups is 1. The maximum atomic E-state index is 12.5. The number of benzene rings is 1. The quantitative estimate of drug-likeness (QED) is 0.863. The number of methoxy groups -OCH3 is 2. The van der Waals surface area contributed by atoms with Crippen molar-refractivity contribution in [2.75, 3.05) is 19.5 Å². The van der Waals surface area contributed by atoms with Crippen LogP contribution in [-0.4, -0.2) is 25.7 Å². The third-order valence-electron chi connectivity index (χ3n) is 4.61. The fraction of sp³-hybridized carbons (Fsp3) is 0.588. The molecule has 21 heavy (non-hydrogen) atoms. The highest BCUT2D eigenvalue weighted by Crippen LogP contribution is 2.40. The topological polar surface area (TPSA) is 47.6 Å². The van der Waals surface area contributed by atoms with E-state index < -0.39 is 5.54 Å². The average Bonchev–Trinajstić information content (AvgIpc) is 2.50. The van der Waals surface area contributed by atoms with Gasteiger partial charge in [-0.2, -0.15) is 0 Å². The van der Waals surface area contributed by atoms with Gasteiger partial charge >= 0.3 is 5.97 Å². The molecule has 4 nitrogen and oxygen atoms in total. The molecule has 0 spiro atoms. The molecule has 0 amide bonds. The Morgan fingerprint density at radius 1 is 1.19 bits per heavy atom. The summed E-state index contributed by atoms with van der Waals surface area (Å²) in [6.07, 6.45) is 2.98. The first-order valence-corrected chi connectivity index (χ1v) is 7.52. The minimum atomic E-state index is -0.638. The van der Waals surface area contributed by atoms with E-state index in [4.69, 9.17) is 9.47 Å². The van der Waals surface area contributed by atoms with E-state index in [0.29, 0.717) is 5.92 Å². The Bertz CT molecular complexity index is 485. The second-order valence-corrected chi connectivity index (χ2v) is 6.10. The summed E-state index contributed by atoms with van der Waals surface area (Å²) in [6, 6.07) is 7.67. The van der Waals surface area contributed by atoms with Gasteiger partial charge in [-0.15, -0.1) is 0 Å². The third kappa shape index (κ3) is 3.14. The van der Waals surface area contributed by atoms with Crippen LogP contribution in [-0.2, 0) is 9.53 Å². The van der Waals surface area contributed by atoms with Gasteiger partial charge in [0.2, 0.25) is 0 Å². The third-order valence-corrected chi connectivity index (χ3v) is 4.61. The number of hydrogen-bond donors (Lipinski definition) is 1. The fourth-order valence-corrected chi connectivity index (χ4v) is 3.26. The smallest absolute Gasteiger partial charge is 0.331 e. The zero-order valence-electron chi connectivity index (χ0n) is 13.3. The summed E-state index contributed by atoms with van der Waals surface area (Å²) < 4.78 is 10.3. The van der Waals surface area contributed by atoms with Gasteiger partial charge in [0.15, 0.2) is 0 Å². The van der Waals surface area contributed by atoms with Crippen LogP contribution >= 0.6 is 0 Å². The first kappa shape index (κ1) is 15.7. The number of hydrogen-bond acceptors (Lipinski definition) is 4. The summed E-state index contributed by atoms with van der Waals surface area (Å²) in [5.74, 6) is 1.38.